The number of benzene rings is 1. The zero-order chi connectivity index (χ0) is 18.5. The number of rotatable bonds is 5. The van der Waals surface area contributed by atoms with E-state index in [0.29, 0.717) is 22.2 Å². The maximum absolute atomic E-state index is 12.5. The summed E-state index contributed by atoms with van der Waals surface area (Å²) in [5, 5.41) is 3.71. The van der Waals surface area contributed by atoms with E-state index in [1.165, 1.54) is 12.8 Å². The van der Waals surface area contributed by atoms with Gasteiger partial charge in [0.1, 0.15) is 18.1 Å². The lowest BCUT2D eigenvalue weighted by Crippen LogP contribution is -2.37. The Labute approximate surface area is 159 Å². The number of nitrogens with zero attached hydrogens (tertiary/aromatic N) is 1. The number of ether oxygens (including phenoxy) is 1. The van der Waals surface area contributed by atoms with Crippen LogP contribution in [0.1, 0.15) is 54.4 Å². The molecule has 138 valence electrons. The number of pyridine rings is 1. The molecule has 1 aliphatic carbocycles. The Morgan fingerprint density at radius 2 is 1.92 bits per heavy atom. The second-order valence-electron chi connectivity index (χ2n) is 7.12. The van der Waals surface area contributed by atoms with E-state index in [-0.39, 0.29) is 18.6 Å². The minimum Gasteiger partial charge on any atom is -0.486 e. The number of amides is 1. The normalized spacial score (nSPS) is 19.8. The quantitative estimate of drug-likeness (QED) is 0.809. The van der Waals surface area contributed by atoms with Crippen molar-refractivity contribution in [1.82, 2.24) is 10.3 Å². The fourth-order valence-corrected chi connectivity index (χ4v) is 3.41. The predicted molar refractivity (Wildman–Crippen MR) is 104 cm³/mol. The van der Waals surface area contributed by atoms with Crippen LogP contribution in [-0.4, -0.2) is 16.9 Å². The summed E-state index contributed by atoms with van der Waals surface area (Å²) in [6.45, 7) is 4.47. The van der Waals surface area contributed by atoms with Crippen LogP contribution >= 0.6 is 11.6 Å². The Morgan fingerprint density at radius 1 is 1.19 bits per heavy atom. The fraction of sp³-hybridized carbons (Fsp3) is 0.429. The van der Waals surface area contributed by atoms with Crippen LogP contribution in [0.15, 0.2) is 36.4 Å². The third kappa shape index (κ3) is 4.76. The van der Waals surface area contributed by atoms with Gasteiger partial charge in [0.15, 0.2) is 0 Å². The number of hydrogen-bond acceptors (Lipinski definition) is 3. The van der Waals surface area contributed by atoms with E-state index in [4.69, 9.17) is 16.3 Å². The van der Waals surface area contributed by atoms with Gasteiger partial charge in [0.25, 0.3) is 5.91 Å². The molecule has 0 saturated heterocycles. The van der Waals surface area contributed by atoms with Gasteiger partial charge in [0.05, 0.1) is 10.7 Å². The third-order valence-corrected chi connectivity index (χ3v) is 5.41. The van der Waals surface area contributed by atoms with E-state index in [0.717, 1.165) is 24.3 Å². The van der Waals surface area contributed by atoms with E-state index in [1.54, 1.807) is 6.07 Å². The van der Waals surface area contributed by atoms with Crippen LogP contribution in [-0.2, 0) is 6.61 Å². The van der Waals surface area contributed by atoms with Crippen LogP contribution in [0, 0.1) is 12.8 Å². The minimum atomic E-state index is -0.111. The van der Waals surface area contributed by atoms with Crippen molar-refractivity contribution in [2.75, 3.05) is 0 Å². The van der Waals surface area contributed by atoms with Gasteiger partial charge in [-0.2, -0.15) is 0 Å². The first kappa shape index (κ1) is 18.7. The molecule has 3 rings (SSSR count). The van der Waals surface area contributed by atoms with Crippen molar-refractivity contribution >= 4 is 17.5 Å². The first-order chi connectivity index (χ1) is 12.5. The monoisotopic (exact) mass is 372 g/mol. The van der Waals surface area contributed by atoms with Gasteiger partial charge in [-0.15, -0.1) is 0 Å². The molecule has 2 aromatic rings. The highest BCUT2D eigenvalue weighted by molar-refractivity contribution is 6.32. The highest BCUT2D eigenvalue weighted by atomic mass is 35.5. The molecule has 1 aromatic heterocycles. The zero-order valence-electron chi connectivity index (χ0n) is 15.3. The number of hydrogen-bond donors (Lipinski definition) is 1. The Bertz CT molecular complexity index is 770. The van der Waals surface area contributed by atoms with E-state index in [1.807, 2.05) is 37.3 Å². The number of carbonyl (C=O) groups excluding carboxylic acids is 1. The van der Waals surface area contributed by atoms with Crippen molar-refractivity contribution in [3.8, 4) is 5.75 Å². The molecule has 0 atom stereocenters. The molecule has 0 spiro atoms. The van der Waals surface area contributed by atoms with Gasteiger partial charge >= 0.3 is 0 Å². The summed E-state index contributed by atoms with van der Waals surface area (Å²) >= 11 is 6.25. The molecule has 1 aromatic carbocycles. The summed E-state index contributed by atoms with van der Waals surface area (Å²) in [6, 6.07) is 11.3. The third-order valence-electron chi connectivity index (χ3n) is 4.92. The van der Waals surface area contributed by atoms with Gasteiger partial charge in [-0.3, -0.25) is 4.79 Å². The predicted octanol–water partition coefficient (Wildman–Crippen LogP) is 4.93. The van der Waals surface area contributed by atoms with E-state index in [9.17, 15) is 4.79 Å². The lowest BCUT2D eigenvalue weighted by Gasteiger charge is -2.26. The average Bonchev–Trinajstić information content (AvgIpc) is 2.65. The van der Waals surface area contributed by atoms with Crippen LogP contribution in [0.25, 0.3) is 0 Å². The highest BCUT2D eigenvalue weighted by Crippen LogP contribution is 2.28. The Kier molecular flexibility index (Phi) is 6.15. The van der Waals surface area contributed by atoms with Gasteiger partial charge in [0.2, 0.25) is 0 Å². The Balaban J connectivity index is 1.60. The van der Waals surface area contributed by atoms with Crippen molar-refractivity contribution in [3.63, 3.8) is 0 Å². The van der Waals surface area contributed by atoms with Gasteiger partial charge in [-0.25, -0.2) is 4.98 Å². The SMILES string of the molecule is Cc1cccc(OCc2cccc(C(=O)NC3CCC(C)CC3)n2)c1Cl. The Morgan fingerprint density at radius 3 is 2.69 bits per heavy atom. The minimum absolute atomic E-state index is 0.111. The van der Waals surface area contributed by atoms with E-state index in [2.05, 4.69) is 17.2 Å². The maximum Gasteiger partial charge on any atom is 0.270 e. The summed E-state index contributed by atoms with van der Waals surface area (Å²) < 4.78 is 5.77. The number of nitrogens with one attached hydrogen (secondary N) is 1. The second kappa shape index (κ2) is 8.54. The molecule has 1 amide bonds. The van der Waals surface area contributed by atoms with Crippen LogP contribution in [0.3, 0.4) is 0 Å². The topological polar surface area (TPSA) is 51.2 Å². The average molecular weight is 373 g/mol. The first-order valence-electron chi connectivity index (χ1n) is 9.17. The Hall–Kier alpha value is -2.07. The standard InChI is InChI=1S/C21H25ClN2O2/c1-14-9-11-16(12-10-14)24-21(25)18-7-4-6-17(23-18)13-26-19-8-3-5-15(2)20(19)22/h3-8,14,16H,9-13H2,1-2H3,(H,24,25). The fourth-order valence-electron chi connectivity index (χ4n) is 3.23. The zero-order valence-corrected chi connectivity index (χ0v) is 16.1. The molecule has 0 radical (unpaired) electrons. The molecule has 1 heterocycles. The molecule has 1 saturated carbocycles. The molecular formula is C21H25ClN2O2. The number of aryl methyl sites for hydroxylation is 1. The molecule has 0 bridgehead atoms. The van der Waals surface area contributed by atoms with Crippen LogP contribution in [0.2, 0.25) is 5.02 Å². The molecular weight excluding hydrogens is 348 g/mol. The number of aromatic nitrogens is 1. The van der Waals surface area contributed by atoms with Crippen molar-refractivity contribution in [2.45, 2.75) is 52.2 Å². The van der Waals surface area contributed by atoms with Crippen molar-refractivity contribution < 1.29 is 9.53 Å². The van der Waals surface area contributed by atoms with Crippen molar-refractivity contribution in [2.24, 2.45) is 5.92 Å². The molecule has 4 nitrogen and oxygen atoms in total. The van der Waals surface area contributed by atoms with E-state index < -0.39 is 0 Å². The summed E-state index contributed by atoms with van der Waals surface area (Å²) in [5.41, 5.74) is 2.10. The lowest BCUT2D eigenvalue weighted by atomic mass is 9.87. The molecule has 1 N–H and O–H groups in total. The summed E-state index contributed by atoms with van der Waals surface area (Å²) in [4.78, 5) is 16.9. The lowest BCUT2D eigenvalue weighted by molar-refractivity contribution is 0.0917. The molecule has 5 heteroatoms. The van der Waals surface area contributed by atoms with Gasteiger partial charge < -0.3 is 10.1 Å². The van der Waals surface area contributed by atoms with Crippen LogP contribution in [0.4, 0.5) is 0 Å². The van der Waals surface area contributed by atoms with Gasteiger partial charge in [-0.05, 0) is 62.3 Å². The number of halogens is 1. The second-order valence-corrected chi connectivity index (χ2v) is 7.50. The van der Waals surface area contributed by atoms with Crippen LogP contribution < -0.4 is 10.1 Å². The highest BCUT2D eigenvalue weighted by Gasteiger charge is 2.20. The molecule has 26 heavy (non-hydrogen) atoms. The van der Waals surface area contributed by atoms with Crippen LogP contribution in [0.5, 0.6) is 5.75 Å². The van der Waals surface area contributed by atoms with E-state index >= 15 is 0 Å². The maximum atomic E-state index is 12.5. The van der Waals surface area contributed by atoms with Crippen molar-refractivity contribution in [1.29, 1.82) is 0 Å². The van der Waals surface area contributed by atoms with Crippen molar-refractivity contribution in [3.05, 3.63) is 58.4 Å². The smallest absolute Gasteiger partial charge is 0.270 e. The summed E-state index contributed by atoms with van der Waals surface area (Å²) in [7, 11) is 0. The molecule has 0 aliphatic heterocycles. The summed E-state index contributed by atoms with van der Waals surface area (Å²) in [6.07, 6.45) is 4.43. The first-order valence-corrected chi connectivity index (χ1v) is 9.55. The summed E-state index contributed by atoms with van der Waals surface area (Å²) in [5.74, 6) is 1.27. The van der Waals surface area contributed by atoms with Gasteiger partial charge in [0, 0.05) is 6.04 Å². The largest absolute Gasteiger partial charge is 0.486 e. The molecule has 1 aliphatic rings. The number of carbonyl (C=O) groups is 1. The van der Waals surface area contributed by atoms with Gasteiger partial charge in [-0.1, -0.05) is 36.7 Å². The molecule has 0 unspecified atom stereocenters. The molecule has 1 fully saturated rings.